The van der Waals surface area contributed by atoms with Gasteiger partial charge in [0.25, 0.3) is 5.91 Å². The molecule has 3 heterocycles. The van der Waals surface area contributed by atoms with Gasteiger partial charge in [0.1, 0.15) is 11.5 Å². The monoisotopic (exact) mass is 516 g/mol. The van der Waals surface area contributed by atoms with Gasteiger partial charge < -0.3 is 29.9 Å². The van der Waals surface area contributed by atoms with E-state index in [-0.39, 0.29) is 11.9 Å². The van der Waals surface area contributed by atoms with Gasteiger partial charge in [-0.3, -0.25) is 4.79 Å². The van der Waals surface area contributed by atoms with Crippen molar-refractivity contribution in [3.05, 3.63) is 65.9 Å². The van der Waals surface area contributed by atoms with Gasteiger partial charge in [-0.2, -0.15) is 0 Å². The van der Waals surface area contributed by atoms with Gasteiger partial charge >= 0.3 is 6.03 Å². The second-order valence-corrected chi connectivity index (χ2v) is 9.08. The van der Waals surface area contributed by atoms with E-state index in [0.29, 0.717) is 81.9 Å². The zero-order valence-electron chi connectivity index (χ0n) is 21.5. The number of aromatic nitrogens is 2. The number of morpholine rings is 2. The summed E-state index contributed by atoms with van der Waals surface area (Å²) in [5.41, 5.74) is 3.38. The molecule has 0 unspecified atom stereocenters. The average molecular weight is 517 g/mol. The van der Waals surface area contributed by atoms with E-state index >= 15 is 0 Å². The van der Waals surface area contributed by atoms with Crippen molar-refractivity contribution in [2.24, 2.45) is 0 Å². The van der Waals surface area contributed by atoms with Crippen LogP contribution in [0.5, 0.6) is 0 Å². The zero-order valence-corrected chi connectivity index (χ0v) is 21.5. The molecule has 3 amide bonds. The number of nitrogens with one attached hydrogen (secondary N) is 2. The smallest absolute Gasteiger partial charge is 0.323 e. The van der Waals surface area contributed by atoms with Crippen LogP contribution < -0.4 is 15.5 Å². The summed E-state index contributed by atoms with van der Waals surface area (Å²) in [5, 5.41) is 5.64. The lowest BCUT2D eigenvalue weighted by Crippen LogP contribution is -2.42. The maximum atomic E-state index is 13.6. The normalized spacial score (nSPS) is 15.7. The van der Waals surface area contributed by atoms with Crippen molar-refractivity contribution in [2.45, 2.75) is 13.3 Å². The van der Waals surface area contributed by atoms with Crippen molar-refractivity contribution in [1.29, 1.82) is 0 Å². The molecule has 2 saturated heterocycles. The number of benzene rings is 2. The van der Waals surface area contributed by atoms with E-state index in [1.54, 1.807) is 17.0 Å². The number of carbonyl (C=O) groups is 2. The summed E-state index contributed by atoms with van der Waals surface area (Å²) in [6.45, 7) is 6.78. The average Bonchev–Trinajstić information content (AvgIpc) is 2.98. The number of urea groups is 1. The molecule has 0 aliphatic carbocycles. The van der Waals surface area contributed by atoms with Gasteiger partial charge in [-0.1, -0.05) is 25.1 Å². The molecule has 2 aromatic carbocycles. The number of para-hydroxylation sites is 1. The van der Waals surface area contributed by atoms with E-state index in [2.05, 4.69) is 15.5 Å². The molecule has 10 heteroatoms. The summed E-state index contributed by atoms with van der Waals surface area (Å²) < 4.78 is 11.0. The molecular weight excluding hydrogens is 484 g/mol. The van der Waals surface area contributed by atoms with E-state index in [9.17, 15) is 9.59 Å². The first kappa shape index (κ1) is 25.6. The number of nitrogens with zero attached hydrogens (tertiary/aromatic N) is 4. The maximum Gasteiger partial charge on any atom is 0.323 e. The van der Waals surface area contributed by atoms with E-state index in [1.807, 2.05) is 49.4 Å². The molecule has 0 spiro atoms. The third-order valence-corrected chi connectivity index (χ3v) is 6.58. The van der Waals surface area contributed by atoms with Crippen LogP contribution >= 0.6 is 0 Å². The SMILES string of the molecule is CCc1c(C(=O)N2CCOCC2)nc(-c2ccc(NC(=O)Nc3ccccc3)cc2)nc1N1CCOCC1. The number of amides is 3. The Hall–Kier alpha value is -4.02. The van der Waals surface area contributed by atoms with Gasteiger partial charge in [0.15, 0.2) is 5.82 Å². The fourth-order valence-electron chi connectivity index (χ4n) is 4.57. The Morgan fingerprint density at radius 2 is 1.42 bits per heavy atom. The highest BCUT2D eigenvalue weighted by Gasteiger charge is 2.28. The van der Waals surface area contributed by atoms with Gasteiger partial charge in [0.05, 0.1) is 26.4 Å². The van der Waals surface area contributed by atoms with Crippen molar-refractivity contribution in [3.63, 3.8) is 0 Å². The Morgan fingerprint density at radius 1 is 0.816 bits per heavy atom. The fraction of sp³-hybridized carbons (Fsp3) is 0.357. The molecule has 2 aliphatic heterocycles. The Morgan fingerprint density at radius 3 is 2.05 bits per heavy atom. The van der Waals surface area contributed by atoms with Crippen molar-refractivity contribution in [2.75, 3.05) is 68.1 Å². The number of hydrogen-bond donors (Lipinski definition) is 2. The number of carbonyl (C=O) groups excluding carboxylic acids is 2. The van der Waals surface area contributed by atoms with Crippen molar-refractivity contribution < 1.29 is 19.1 Å². The third kappa shape index (κ3) is 5.92. The molecule has 5 rings (SSSR count). The second-order valence-electron chi connectivity index (χ2n) is 9.08. The molecule has 2 fully saturated rings. The highest BCUT2D eigenvalue weighted by Crippen LogP contribution is 2.28. The molecule has 10 nitrogen and oxygen atoms in total. The largest absolute Gasteiger partial charge is 0.378 e. The Bertz CT molecular complexity index is 1260. The molecular formula is C28H32N6O4. The van der Waals surface area contributed by atoms with Gasteiger partial charge in [-0.25, -0.2) is 14.8 Å². The van der Waals surface area contributed by atoms with E-state index < -0.39 is 0 Å². The molecule has 198 valence electrons. The zero-order chi connectivity index (χ0) is 26.3. The number of ether oxygens (including phenoxy) is 2. The summed E-state index contributed by atoms with van der Waals surface area (Å²) >= 11 is 0. The summed E-state index contributed by atoms with van der Waals surface area (Å²) in [6, 6.07) is 16.2. The van der Waals surface area contributed by atoms with Crippen LogP contribution in [0.3, 0.4) is 0 Å². The van der Waals surface area contributed by atoms with Crippen LogP contribution in [0.4, 0.5) is 22.0 Å². The Balaban J connectivity index is 1.43. The van der Waals surface area contributed by atoms with Gasteiger partial charge in [-0.05, 0) is 42.8 Å². The lowest BCUT2D eigenvalue weighted by Gasteiger charge is -2.31. The Kier molecular flexibility index (Phi) is 8.10. The highest BCUT2D eigenvalue weighted by atomic mass is 16.5. The van der Waals surface area contributed by atoms with E-state index in [0.717, 1.165) is 16.9 Å². The van der Waals surface area contributed by atoms with Gasteiger partial charge in [0, 0.05) is 48.7 Å². The van der Waals surface area contributed by atoms with Crippen LogP contribution in [0.1, 0.15) is 23.0 Å². The molecule has 2 aliphatic rings. The lowest BCUT2D eigenvalue weighted by atomic mass is 10.1. The standard InChI is InChI=1S/C28H32N6O4/c1-2-23-24(27(35)34-14-18-38-19-15-34)31-25(32-26(23)33-12-16-37-17-13-33)20-8-10-22(11-9-20)30-28(36)29-21-6-4-3-5-7-21/h3-11H,2,12-19H2,1H3,(H2,29,30,36). The molecule has 0 bridgehead atoms. The first-order valence-electron chi connectivity index (χ1n) is 13.0. The van der Waals surface area contributed by atoms with Crippen LogP contribution in [0.2, 0.25) is 0 Å². The summed E-state index contributed by atoms with van der Waals surface area (Å²) in [7, 11) is 0. The summed E-state index contributed by atoms with van der Waals surface area (Å²) in [4.78, 5) is 39.7. The first-order chi connectivity index (χ1) is 18.6. The van der Waals surface area contributed by atoms with Crippen LogP contribution in [0.25, 0.3) is 11.4 Å². The highest BCUT2D eigenvalue weighted by molar-refractivity contribution is 6.00. The predicted molar refractivity (Wildman–Crippen MR) is 146 cm³/mol. The van der Waals surface area contributed by atoms with Crippen molar-refractivity contribution >= 4 is 29.1 Å². The third-order valence-electron chi connectivity index (χ3n) is 6.58. The summed E-state index contributed by atoms with van der Waals surface area (Å²) in [6.07, 6.45) is 0.637. The molecule has 2 N–H and O–H groups in total. The van der Waals surface area contributed by atoms with Gasteiger partial charge in [-0.15, -0.1) is 0 Å². The minimum atomic E-state index is -0.333. The maximum absolute atomic E-state index is 13.6. The number of rotatable bonds is 6. The van der Waals surface area contributed by atoms with Gasteiger partial charge in [0.2, 0.25) is 0 Å². The first-order valence-corrected chi connectivity index (χ1v) is 13.0. The number of anilines is 3. The van der Waals surface area contributed by atoms with E-state index in [1.165, 1.54) is 0 Å². The predicted octanol–water partition coefficient (Wildman–Crippen LogP) is 3.66. The Labute approximate surface area is 222 Å². The van der Waals surface area contributed by atoms with Crippen molar-refractivity contribution in [3.8, 4) is 11.4 Å². The molecule has 0 saturated carbocycles. The second kappa shape index (κ2) is 12.0. The molecule has 1 aromatic heterocycles. The van der Waals surface area contributed by atoms with Crippen LogP contribution in [-0.4, -0.2) is 79.4 Å². The van der Waals surface area contributed by atoms with Crippen LogP contribution in [0, 0.1) is 0 Å². The van der Waals surface area contributed by atoms with E-state index in [4.69, 9.17) is 19.4 Å². The lowest BCUT2D eigenvalue weighted by molar-refractivity contribution is 0.0298. The fourth-order valence-corrected chi connectivity index (χ4v) is 4.57. The molecule has 0 atom stereocenters. The topological polar surface area (TPSA) is 109 Å². The van der Waals surface area contributed by atoms with Crippen LogP contribution in [0.15, 0.2) is 54.6 Å². The summed E-state index contributed by atoms with van der Waals surface area (Å²) in [5.74, 6) is 1.15. The minimum absolute atomic E-state index is 0.0980. The molecule has 38 heavy (non-hydrogen) atoms. The van der Waals surface area contributed by atoms with Crippen molar-refractivity contribution in [1.82, 2.24) is 14.9 Å². The number of hydrogen-bond acceptors (Lipinski definition) is 7. The minimum Gasteiger partial charge on any atom is -0.378 e. The quantitative estimate of drug-likeness (QED) is 0.515. The van der Waals surface area contributed by atoms with Crippen LogP contribution in [-0.2, 0) is 15.9 Å². The molecule has 0 radical (unpaired) electrons. The molecule has 3 aromatic rings.